The molecule has 0 aliphatic heterocycles. The molecule has 0 saturated heterocycles. The zero-order chi connectivity index (χ0) is 11.5. The van der Waals surface area contributed by atoms with Gasteiger partial charge in [-0.25, -0.2) is 5.84 Å². The fourth-order valence-electron chi connectivity index (χ4n) is 0.952. The van der Waals surface area contributed by atoms with Crippen LogP contribution in [0.1, 0.15) is 24.2 Å². The third kappa shape index (κ3) is 2.33. The molecule has 0 unspecified atom stereocenters. The molecule has 4 heteroatoms. The van der Waals surface area contributed by atoms with Crippen LogP contribution in [0.4, 0.5) is 0 Å². The standard InChI is InChI=1S/C11H13N3O/c1-4-11(2,3)14(12)10(15)9-6-5-7-13-8-9/h1,5-8H,12H2,2-3H3. The van der Waals surface area contributed by atoms with Crippen molar-refractivity contribution >= 4 is 5.91 Å². The van der Waals surface area contributed by atoms with Crippen molar-refractivity contribution in [1.82, 2.24) is 9.99 Å². The Morgan fingerprint density at radius 2 is 2.33 bits per heavy atom. The summed E-state index contributed by atoms with van der Waals surface area (Å²) < 4.78 is 0. The molecule has 1 aromatic heterocycles. The highest BCUT2D eigenvalue weighted by atomic mass is 16.2. The minimum Gasteiger partial charge on any atom is -0.268 e. The van der Waals surface area contributed by atoms with E-state index in [1.54, 1.807) is 32.2 Å². The number of amides is 1. The average Bonchev–Trinajstić information content (AvgIpc) is 2.28. The molecule has 0 aromatic carbocycles. The Bertz CT molecular complexity index is 392. The van der Waals surface area contributed by atoms with Crippen molar-refractivity contribution in [3.05, 3.63) is 30.1 Å². The van der Waals surface area contributed by atoms with Gasteiger partial charge in [-0.05, 0) is 26.0 Å². The first kappa shape index (κ1) is 11.2. The summed E-state index contributed by atoms with van der Waals surface area (Å²) in [7, 11) is 0. The number of hydrazine groups is 1. The second-order valence-corrected chi connectivity index (χ2v) is 3.62. The number of nitrogens with zero attached hydrogens (tertiary/aromatic N) is 2. The van der Waals surface area contributed by atoms with Crippen LogP contribution in [0.15, 0.2) is 24.5 Å². The number of carbonyl (C=O) groups is 1. The van der Waals surface area contributed by atoms with Gasteiger partial charge in [-0.1, -0.05) is 5.92 Å². The summed E-state index contributed by atoms with van der Waals surface area (Å²) >= 11 is 0. The molecule has 0 saturated carbocycles. The van der Waals surface area contributed by atoms with E-state index in [4.69, 9.17) is 12.3 Å². The van der Waals surface area contributed by atoms with Crippen molar-refractivity contribution in [1.29, 1.82) is 0 Å². The average molecular weight is 203 g/mol. The van der Waals surface area contributed by atoms with Crippen LogP contribution in [0.2, 0.25) is 0 Å². The fraction of sp³-hybridized carbons (Fsp3) is 0.273. The van der Waals surface area contributed by atoms with E-state index in [2.05, 4.69) is 10.9 Å². The van der Waals surface area contributed by atoms with Crippen molar-refractivity contribution in [2.75, 3.05) is 0 Å². The van der Waals surface area contributed by atoms with Crippen LogP contribution < -0.4 is 5.84 Å². The summed E-state index contributed by atoms with van der Waals surface area (Å²) in [6.45, 7) is 3.39. The molecule has 0 fully saturated rings. The van der Waals surface area contributed by atoms with Gasteiger partial charge in [0.1, 0.15) is 5.54 Å². The highest BCUT2D eigenvalue weighted by molar-refractivity contribution is 5.94. The van der Waals surface area contributed by atoms with Crippen molar-refractivity contribution in [3.63, 3.8) is 0 Å². The van der Waals surface area contributed by atoms with Crippen LogP contribution in [0.25, 0.3) is 0 Å². The monoisotopic (exact) mass is 203 g/mol. The molecule has 1 rings (SSSR count). The van der Waals surface area contributed by atoms with Gasteiger partial charge in [-0.2, -0.15) is 0 Å². The molecule has 0 atom stereocenters. The van der Waals surface area contributed by atoms with Crippen LogP contribution in [-0.2, 0) is 0 Å². The van der Waals surface area contributed by atoms with Crippen LogP contribution in [-0.4, -0.2) is 21.4 Å². The van der Waals surface area contributed by atoms with Gasteiger partial charge in [0.05, 0.1) is 5.56 Å². The quantitative estimate of drug-likeness (QED) is 0.335. The Morgan fingerprint density at radius 3 is 2.80 bits per heavy atom. The Labute approximate surface area is 89.1 Å². The first-order chi connectivity index (χ1) is 6.99. The second kappa shape index (κ2) is 4.11. The summed E-state index contributed by atoms with van der Waals surface area (Å²) in [6, 6.07) is 3.31. The van der Waals surface area contributed by atoms with Crippen LogP contribution in [0.5, 0.6) is 0 Å². The van der Waals surface area contributed by atoms with E-state index in [0.29, 0.717) is 5.56 Å². The largest absolute Gasteiger partial charge is 0.270 e. The molecular formula is C11H13N3O. The first-order valence-electron chi connectivity index (χ1n) is 4.46. The number of hydrogen-bond donors (Lipinski definition) is 1. The van der Waals surface area contributed by atoms with Crippen molar-refractivity contribution in [2.45, 2.75) is 19.4 Å². The van der Waals surface area contributed by atoms with E-state index >= 15 is 0 Å². The number of carbonyl (C=O) groups excluding carboxylic acids is 1. The smallest absolute Gasteiger partial charge is 0.268 e. The molecule has 4 nitrogen and oxygen atoms in total. The summed E-state index contributed by atoms with van der Waals surface area (Å²) in [5, 5.41) is 1.03. The molecule has 0 aliphatic carbocycles. The molecule has 0 spiro atoms. The number of terminal acetylenes is 1. The van der Waals surface area contributed by atoms with Crippen LogP contribution in [0, 0.1) is 12.3 Å². The van der Waals surface area contributed by atoms with Gasteiger partial charge in [-0.15, -0.1) is 6.42 Å². The zero-order valence-corrected chi connectivity index (χ0v) is 8.77. The Balaban J connectivity index is 2.93. The molecular weight excluding hydrogens is 190 g/mol. The SMILES string of the molecule is C#CC(C)(C)N(N)C(=O)c1cccnc1. The first-order valence-corrected chi connectivity index (χ1v) is 4.46. The Morgan fingerprint density at radius 1 is 1.67 bits per heavy atom. The van der Waals surface area contributed by atoms with Crippen molar-refractivity contribution in [3.8, 4) is 12.3 Å². The molecule has 1 aromatic rings. The van der Waals surface area contributed by atoms with Crippen LogP contribution >= 0.6 is 0 Å². The predicted octanol–water partition coefficient (Wildman–Crippen LogP) is 0.809. The second-order valence-electron chi connectivity index (χ2n) is 3.62. The number of aromatic nitrogens is 1. The molecule has 78 valence electrons. The van der Waals surface area contributed by atoms with Gasteiger partial charge in [0.15, 0.2) is 0 Å². The number of rotatable bonds is 2. The van der Waals surface area contributed by atoms with E-state index in [1.165, 1.54) is 6.20 Å². The Kier molecular flexibility index (Phi) is 3.08. The molecule has 0 aliphatic rings. The lowest BCUT2D eigenvalue weighted by Gasteiger charge is -2.29. The normalized spacial score (nSPS) is 10.5. The van der Waals surface area contributed by atoms with E-state index in [9.17, 15) is 4.79 Å². The summed E-state index contributed by atoms with van der Waals surface area (Å²) in [4.78, 5) is 15.7. The number of hydrogen-bond acceptors (Lipinski definition) is 3. The van der Waals surface area contributed by atoms with Gasteiger partial charge in [0, 0.05) is 12.4 Å². The number of nitrogens with two attached hydrogens (primary N) is 1. The van der Waals surface area contributed by atoms with E-state index in [-0.39, 0.29) is 5.91 Å². The summed E-state index contributed by atoms with van der Waals surface area (Å²) in [6.07, 6.45) is 8.32. The Hall–Kier alpha value is -1.86. The van der Waals surface area contributed by atoms with Gasteiger partial charge in [0.25, 0.3) is 5.91 Å². The summed E-state index contributed by atoms with van der Waals surface area (Å²) in [5.74, 6) is 7.76. The van der Waals surface area contributed by atoms with Gasteiger partial charge < -0.3 is 0 Å². The van der Waals surface area contributed by atoms with E-state index in [0.717, 1.165) is 5.01 Å². The minimum absolute atomic E-state index is 0.342. The van der Waals surface area contributed by atoms with E-state index < -0.39 is 5.54 Å². The summed E-state index contributed by atoms with van der Waals surface area (Å²) in [5.41, 5.74) is -0.393. The molecule has 0 bridgehead atoms. The van der Waals surface area contributed by atoms with Gasteiger partial charge >= 0.3 is 0 Å². The predicted molar refractivity (Wildman–Crippen MR) is 57.5 cm³/mol. The van der Waals surface area contributed by atoms with Gasteiger partial charge in [0.2, 0.25) is 0 Å². The topological polar surface area (TPSA) is 59.2 Å². The third-order valence-electron chi connectivity index (χ3n) is 2.08. The fourth-order valence-corrected chi connectivity index (χ4v) is 0.952. The molecule has 0 radical (unpaired) electrons. The lowest BCUT2D eigenvalue weighted by Crippen LogP contribution is -2.51. The van der Waals surface area contributed by atoms with Crippen molar-refractivity contribution < 1.29 is 4.79 Å². The maximum absolute atomic E-state index is 11.8. The van der Waals surface area contributed by atoms with E-state index in [1.807, 2.05) is 0 Å². The van der Waals surface area contributed by atoms with Crippen LogP contribution in [0.3, 0.4) is 0 Å². The third-order valence-corrected chi connectivity index (χ3v) is 2.08. The number of pyridine rings is 1. The zero-order valence-electron chi connectivity index (χ0n) is 8.77. The molecule has 1 amide bonds. The molecule has 1 heterocycles. The lowest BCUT2D eigenvalue weighted by molar-refractivity contribution is 0.0637. The van der Waals surface area contributed by atoms with Crippen molar-refractivity contribution in [2.24, 2.45) is 5.84 Å². The maximum atomic E-state index is 11.8. The lowest BCUT2D eigenvalue weighted by atomic mass is 10.1. The highest BCUT2D eigenvalue weighted by Gasteiger charge is 2.27. The molecule has 15 heavy (non-hydrogen) atoms. The maximum Gasteiger partial charge on any atom is 0.270 e. The highest BCUT2D eigenvalue weighted by Crippen LogP contribution is 2.12. The minimum atomic E-state index is -0.813. The molecule has 2 N–H and O–H groups in total. The van der Waals surface area contributed by atoms with Gasteiger partial charge in [-0.3, -0.25) is 14.8 Å².